The summed E-state index contributed by atoms with van der Waals surface area (Å²) in [6.07, 6.45) is 1.38. The minimum atomic E-state index is -1.33. The molecular weight excluding hydrogens is 256 g/mol. The standard InChI is InChI=1S/C13H15ClO4/c1-18-11-5-4-9(6-10(11)14)13(17,7-12(15)16)8-2-3-8/h4-6,8,17H,2-3,7H2,1H3,(H,15,16). The van der Waals surface area contributed by atoms with Crippen LogP contribution in [0.3, 0.4) is 0 Å². The van der Waals surface area contributed by atoms with E-state index in [2.05, 4.69) is 0 Å². The van der Waals surface area contributed by atoms with E-state index >= 15 is 0 Å². The summed E-state index contributed by atoms with van der Waals surface area (Å²) < 4.78 is 5.04. The third kappa shape index (κ3) is 2.44. The summed E-state index contributed by atoms with van der Waals surface area (Å²) in [4.78, 5) is 10.9. The summed E-state index contributed by atoms with van der Waals surface area (Å²) in [6, 6.07) is 4.90. The number of benzene rings is 1. The van der Waals surface area contributed by atoms with E-state index in [0.717, 1.165) is 12.8 Å². The van der Waals surface area contributed by atoms with Crippen LogP contribution in [0.5, 0.6) is 5.75 Å². The molecule has 2 N–H and O–H groups in total. The molecule has 0 bridgehead atoms. The molecular formula is C13H15ClO4. The maximum absolute atomic E-state index is 10.9. The van der Waals surface area contributed by atoms with Crippen molar-refractivity contribution in [3.8, 4) is 5.75 Å². The van der Waals surface area contributed by atoms with Gasteiger partial charge >= 0.3 is 5.97 Å². The van der Waals surface area contributed by atoms with Gasteiger partial charge in [0.1, 0.15) is 11.4 Å². The number of rotatable bonds is 5. The van der Waals surface area contributed by atoms with Crippen molar-refractivity contribution in [3.05, 3.63) is 28.8 Å². The van der Waals surface area contributed by atoms with E-state index in [4.69, 9.17) is 21.4 Å². The number of aliphatic hydroxyl groups is 1. The Morgan fingerprint density at radius 1 is 1.56 bits per heavy atom. The number of carbonyl (C=O) groups is 1. The number of hydrogen-bond acceptors (Lipinski definition) is 3. The molecule has 0 spiro atoms. The van der Waals surface area contributed by atoms with Crippen molar-refractivity contribution >= 4 is 17.6 Å². The molecule has 1 unspecified atom stereocenters. The van der Waals surface area contributed by atoms with Gasteiger partial charge in [0.15, 0.2) is 0 Å². The average Bonchev–Trinajstić information content (AvgIpc) is 3.11. The van der Waals surface area contributed by atoms with E-state index in [1.165, 1.54) is 7.11 Å². The molecule has 1 atom stereocenters. The number of ether oxygens (including phenoxy) is 1. The zero-order valence-electron chi connectivity index (χ0n) is 10.0. The van der Waals surface area contributed by atoms with Crippen LogP contribution in [0, 0.1) is 5.92 Å². The van der Waals surface area contributed by atoms with Crippen molar-refractivity contribution in [2.45, 2.75) is 24.9 Å². The molecule has 1 aliphatic carbocycles. The van der Waals surface area contributed by atoms with E-state index in [1.807, 2.05) is 0 Å². The summed E-state index contributed by atoms with van der Waals surface area (Å²) in [5.74, 6) is -0.511. The van der Waals surface area contributed by atoms with Crippen LogP contribution < -0.4 is 4.74 Å². The molecule has 98 valence electrons. The summed E-state index contributed by atoms with van der Waals surface area (Å²) in [7, 11) is 1.51. The third-order valence-corrected chi connectivity index (χ3v) is 3.62. The Labute approximate surface area is 110 Å². The van der Waals surface area contributed by atoms with Crippen LogP contribution in [-0.2, 0) is 10.4 Å². The van der Waals surface area contributed by atoms with Gasteiger partial charge in [0, 0.05) is 0 Å². The molecule has 1 aliphatic rings. The highest BCUT2D eigenvalue weighted by molar-refractivity contribution is 6.32. The lowest BCUT2D eigenvalue weighted by atomic mass is 9.85. The van der Waals surface area contributed by atoms with Crippen LogP contribution in [0.2, 0.25) is 5.02 Å². The van der Waals surface area contributed by atoms with Gasteiger partial charge in [0.25, 0.3) is 0 Å². The Morgan fingerprint density at radius 2 is 2.22 bits per heavy atom. The largest absolute Gasteiger partial charge is 0.495 e. The second-order valence-corrected chi connectivity index (χ2v) is 5.03. The van der Waals surface area contributed by atoms with E-state index in [1.54, 1.807) is 18.2 Å². The molecule has 1 fully saturated rings. The van der Waals surface area contributed by atoms with Crippen molar-refractivity contribution in [3.63, 3.8) is 0 Å². The van der Waals surface area contributed by atoms with Gasteiger partial charge in [-0.15, -0.1) is 0 Å². The maximum Gasteiger partial charge on any atom is 0.306 e. The third-order valence-electron chi connectivity index (χ3n) is 3.33. The number of hydrogen-bond donors (Lipinski definition) is 2. The molecule has 0 aromatic heterocycles. The number of halogens is 1. The van der Waals surface area contributed by atoms with E-state index < -0.39 is 11.6 Å². The van der Waals surface area contributed by atoms with Crippen molar-refractivity contribution in [1.29, 1.82) is 0 Å². The molecule has 0 aliphatic heterocycles. The number of carboxylic acids is 1. The highest BCUT2D eigenvalue weighted by atomic mass is 35.5. The van der Waals surface area contributed by atoms with Crippen LogP contribution in [-0.4, -0.2) is 23.3 Å². The van der Waals surface area contributed by atoms with E-state index in [-0.39, 0.29) is 12.3 Å². The highest BCUT2D eigenvalue weighted by Crippen LogP contribution is 2.48. The fourth-order valence-electron chi connectivity index (χ4n) is 2.21. The summed E-state index contributed by atoms with van der Waals surface area (Å²) in [6.45, 7) is 0. The zero-order chi connectivity index (χ0) is 13.3. The van der Waals surface area contributed by atoms with Crippen molar-refractivity contribution in [2.75, 3.05) is 7.11 Å². The molecule has 4 nitrogen and oxygen atoms in total. The first-order valence-corrected chi connectivity index (χ1v) is 6.13. The first-order chi connectivity index (χ1) is 8.47. The highest BCUT2D eigenvalue weighted by Gasteiger charge is 2.46. The van der Waals surface area contributed by atoms with Gasteiger partial charge in [-0.25, -0.2) is 0 Å². The van der Waals surface area contributed by atoms with Gasteiger partial charge in [-0.1, -0.05) is 17.7 Å². The number of carboxylic acid groups (broad SMARTS) is 1. The van der Waals surface area contributed by atoms with Crippen LogP contribution in [0.15, 0.2) is 18.2 Å². The minimum Gasteiger partial charge on any atom is -0.495 e. The lowest BCUT2D eigenvalue weighted by Gasteiger charge is -2.27. The Bertz CT molecular complexity index is 470. The SMILES string of the molecule is COc1ccc(C(O)(CC(=O)O)C2CC2)cc1Cl. The maximum atomic E-state index is 10.9. The van der Waals surface area contributed by atoms with Gasteiger partial charge in [-0.2, -0.15) is 0 Å². The van der Waals surface area contributed by atoms with E-state index in [9.17, 15) is 9.90 Å². The van der Waals surface area contributed by atoms with Gasteiger partial charge < -0.3 is 14.9 Å². The Balaban J connectivity index is 2.36. The van der Waals surface area contributed by atoms with Crippen LogP contribution in [0.25, 0.3) is 0 Å². The second-order valence-electron chi connectivity index (χ2n) is 4.62. The Kier molecular flexibility index (Phi) is 3.50. The molecule has 2 rings (SSSR count). The van der Waals surface area contributed by atoms with Gasteiger partial charge in [0.2, 0.25) is 0 Å². The zero-order valence-corrected chi connectivity index (χ0v) is 10.8. The first kappa shape index (κ1) is 13.2. The monoisotopic (exact) mass is 270 g/mol. The molecule has 1 aromatic rings. The predicted molar refractivity (Wildman–Crippen MR) is 66.9 cm³/mol. The summed E-state index contributed by atoms with van der Waals surface area (Å²) >= 11 is 6.01. The van der Waals surface area contributed by atoms with Crippen molar-refractivity contribution < 1.29 is 19.7 Å². The molecule has 5 heteroatoms. The Hall–Kier alpha value is -1.26. The second kappa shape index (κ2) is 4.78. The molecule has 0 heterocycles. The predicted octanol–water partition coefficient (Wildman–Crippen LogP) is 2.42. The van der Waals surface area contributed by atoms with Crippen molar-refractivity contribution in [2.24, 2.45) is 5.92 Å². The Morgan fingerprint density at radius 3 is 2.67 bits per heavy atom. The van der Waals surface area contributed by atoms with Gasteiger partial charge in [-0.05, 0) is 36.5 Å². The lowest BCUT2D eigenvalue weighted by molar-refractivity contribution is -0.144. The molecule has 1 aromatic carbocycles. The fourth-order valence-corrected chi connectivity index (χ4v) is 2.47. The molecule has 1 saturated carbocycles. The van der Waals surface area contributed by atoms with Crippen molar-refractivity contribution in [1.82, 2.24) is 0 Å². The minimum absolute atomic E-state index is 0.00179. The van der Waals surface area contributed by atoms with Crippen LogP contribution >= 0.6 is 11.6 Å². The topological polar surface area (TPSA) is 66.8 Å². The number of methoxy groups -OCH3 is 1. The normalized spacial score (nSPS) is 18.2. The molecule has 18 heavy (non-hydrogen) atoms. The fraction of sp³-hybridized carbons (Fsp3) is 0.462. The first-order valence-electron chi connectivity index (χ1n) is 5.75. The molecule has 0 amide bonds. The molecule has 0 radical (unpaired) electrons. The van der Waals surface area contributed by atoms with E-state index in [0.29, 0.717) is 16.3 Å². The van der Waals surface area contributed by atoms with Crippen LogP contribution in [0.4, 0.5) is 0 Å². The lowest BCUT2D eigenvalue weighted by Crippen LogP contribution is -2.31. The smallest absolute Gasteiger partial charge is 0.306 e. The number of aliphatic carboxylic acids is 1. The summed E-state index contributed by atoms with van der Waals surface area (Å²) in [5.41, 5.74) is -0.792. The van der Waals surface area contributed by atoms with Gasteiger partial charge in [-0.3, -0.25) is 4.79 Å². The van der Waals surface area contributed by atoms with Crippen LogP contribution in [0.1, 0.15) is 24.8 Å². The molecule has 0 saturated heterocycles. The average molecular weight is 271 g/mol. The van der Waals surface area contributed by atoms with Gasteiger partial charge in [0.05, 0.1) is 18.6 Å². The quantitative estimate of drug-likeness (QED) is 0.862. The summed E-state index contributed by atoms with van der Waals surface area (Å²) in [5, 5.41) is 19.9.